The molecule has 0 unspecified atom stereocenters. The van der Waals surface area contributed by atoms with E-state index in [0.717, 1.165) is 38.1 Å². The molecule has 2 heterocycles. The van der Waals surface area contributed by atoms with Gasteiger partial charge in [0.1, 0.15) is 0 Å². The lowest BCUT2D eigenvalue weighted by Crippen LogP contribution is -2.41. The smallest absolute Gasteiger partial charge is 0.191 e. The highest BCUT2D eigenvalue weighted by molar-refractivity contribution is 5.81. The SMILES string of the molecule is C1CCC(NC2=NCCN2)CCCCCC(NC2=NCCN2)CC1. The van der Waals surface area contributed by atoms with Crippen molar-refractivity contribution in [2.45, 2.75) is 76.3 Å². The lowest BCUT2D eigenvalue weighted by atomic mass is 9.96. The first-order valence-electron chi connectivity index (χ1n) is 10.00. The van der Waals surface area contributed by atoms with Gasteiger partial charge in [-0.1, -0.05) is 38.5 Å². The highest BCUT2D eigenvalue weighted by atomic mass is 15.2. The summed E-state index contributed by atoms with van der Waals surface area (Å²) in [6, 6.07) is 1.19. The maximum Gasteiger partial charge on any atom is 0.191 e. The molecule has 0 spiro atoms. The lowest BCUT2D eigenvalue weighted by molar-refractivity contribution is 0.411. The summed E-state index contributed by atoms with van der Waals surface area (Å²) in [6.07, 6.45) is 13.0. The van der Waals surface area contributed by atoms with Crippen LogP contribution < -0.4 is 21.3 Å². The largest absolute Gasteiger partial charge is 0.355 e. The average Bonchev–Trinajstić information content (AvgIpc) is 3.25. The van der Waals surface area contributed by atoms with Crippen LogP contribution in [0.1, 0.15) is 64.2 Å². The van der Waals surface area contributed by atoms with E-state index in [1.807, 2.05) is 0 Å². The molecule has 3 aliphatic rings. The van der Waals surface area contributed by atoms with Gasteiger partial charge in [0.2, 0.25) is 0 Å². The zero-order valence-electron chi connectivity index (χ0n) is 14.9. The van der Waals surface area contributed by atoms with E-state index < -0.39 is 0 Å². The summed E-state index contributed by atoms with van der Waals surface area (Å²) >= 11 is 0. The van der Waals surface area contributed by atoms with Crippen molar-refractivity contribution in [1.82, 2.24) is 21.3 Å². The van der Waals surface area contributed by atoms with Crippen molar-refractivity contribution < 1.29 is 0 Å². The molecule has 0 bridgehead atoms. The molecule has 1 aliphatic carbocycles. The van der Waals surface area contributed by atoms with Gasteiger partial charge < -0.3 is 21.3 Å². The van der Waals surface area contributed by atoms with Crippen molar-refractivity contribution in [3.8, 4) is 0 Å². The summed E-state index contributed by atoms with van der Waals surface area (Å²) in [5.74, 6) is 2.06. The molecule has 2 aliphatic heterocycles. The quantitative estimate of drug-likeness (QED) is 0.621. The number of guanidine groups is 2. The van der Waals surface area contributed by atoms with Crippen LogP contribution >= 0.6 is 0 Å². The second-order valence-corrected chi connectivity index (χ2v) is 7.27. The van der Waals surface area contributed by atoms with Gasteiger partial charge in [-0.2, -0.15) is 0 Å². The van der Waals surface area contributed by atoms with E-state index in [-0.39, 0.29) is 0 Å². The van der Waals surface area contributed by atoms with Crippen molar-refractivity contribution in [2.24, 2.45) is 9.98 Å². The minimum absolute atomic E-state index is 0.597. The molecule has 6 heteroatoms. The van der Waals surface area contributed by atoms with E-state index in [4.69, 9.17) is 0 Å². The fourth-order valence-electron chi connectivity index (χ4n) is 3.87. The molecule has 3 rings (SSSR count). The highest BCUT2D eigenvalue weighted by Gasteiger charge is 2.16. The molecule has 0 aromatic carbocycles. The summed E-state index contributed by atoms with van der Waals surface area (Å²) in [5.41, 5.74) is 0. The molecule has 136 valence electrons. The Kier molecular flexibility index (Phi) is 7.05. The molecule has 0 atom stereocenters. The summed E-state index contributed by atoms with van der Waals surface area (Å²) in [7, 11) is 0. The molecule has 0 radical (unpaired) electrons. The van der Waals surface area contributed by atoms with Gasteiger partial charge in [0.05, 0.1) is 13.1 Å². The van der Waals surface area contributed by atoms with Gasteiger partial charge in [0.25, 0.3) is 0 Å². The Morgan fingerprint density at radius 1 is 0.625 bits per heavy atom. The van der Waals surface area contributed by atoms with Crippen LogP contribution in [0.5, 0.6) is 0 Å². The fourth-order valence-corrected chi connectivity index (χ4v) is 3.87. The van der Waals surface area contributed by atoms with Crippen molar-refractivity contribution in [2.75, 3.05) is 26.2 Å². The van der Waals surface area contributed by atoms with Gasteiger partial charge in [0.15, 0.2) is 11.9 Å². The minimum Gasteiger partial charge on any atom is -0.355 e. The molecule has 0 aromatic heterocycles. The van der Waals surface area contributed by atoms with Gasteiger partial charge in [-0.3, -0.25) is 9.98 Å². The van der Waals surface area contributed by atoms with Gasteiger partial charge in [0, 0.05) is 25.2 Å². The standard InChI is InChI=1S/C18H34N6/c1-3-7-15(23-17-19-11-12-20-17)9-5-2-6-10-16(8-4-1)24-18-21-13-14-22-18/h15-16H,1-14H2,(H2,19,20,23)(H2,21,22,24). The maximum atomic E-state index is 4.49. The zero-order chi connectivity index (χ0) is 16.5. The zero-order valence-corrected chi connectivity index (χ0v) is 14.9. The van der Waals surface area contributed by atoms with E-state index in [1.54, 1.807) is 0 Å². The Hall–Kier alpha value is -1.46. The van der Waals surface area contributed by atoms with Crippen LogP contribution in [0.4, 0.5) is 0 Å². The second-order valence-electron chi connectivity index (χ2n) is 7.27. The van der Waals surface area contributed by atoms with Crippen LogP contribution in [0.25, 0.3) is 0 Å². The first-order chi connectivity index (χ1) is 11.9. The molecule has 0 aromatic rings. The van der Waals surface area contributed by atoms with E-state index in [9.17, 15) is 0 Å². The van der Waals surface area contributed by atoms with Crippen LogP contribution in [0.3, 0.4) is 0 Å². The number of rotatable bonds is 2. The summed E-state index contributed by atoms with van der Waals surface area (Å²) in [5, 5.41) is 13.9. The summed E-state index contributed by atoms with van der Waals surface area (Å²) in [4.78, 5) is 8.97. The van der Waals surface area contributed by atoms with E-state index in [2.05, 4.69) is 31.3 Å². The van der Waals surface area contributed by atoms with Gasteiger partial charge in [-0.25, -0.2) is 0 Å². The fraction of sp³-hybridized carbons (Fsp3) is 0.889. The van der Waals surface area contributed by atoms with Crippen LogP contribution in [-0.4, -0.2) is 50.2 Å². The van der Waals surface area contributed by atoms with Crippen molar-refractivity contribution in [3.63, 3.8) is 0 Å². The third-order valence-corrected chi connectivity index (χ3v) is 5.24. The Morgan fingerprint density at radius 3 is 1.38 bits per heavy atom. The Labute approximate surface area is 146 Å². The van der Waals surface area contributed by atoms with Gasteiger partial charge in [-0.15, -0.1) is 0 Å². The van der Waals surface area contributed by atoms with Crippen molar-refractivity contribution in [3.05, 3.63) is 0 Å². The Bertz CT molecular complexity index is 381. The number of aliphatic imine (C=N–C) groups is 2. The van der Waals surface area contributed by atoms with Crippen LogP contribution in [0.15, 0.2) is 9.98 Å². The van der Waals surface area contributed by atoms with E-state index in [0.29, 0.717) is 12.1 Å². The number of nitrogens with one attached hydrogen (secondary N) is 4. The maximum absolute atomic E-state index is 4.49. The Balaban J connectivity index is 1.41. The molecule has 6 nitrogen and oxygen atoms in total. The highest BCUT2D eigenvalue weighted by Crippen LogP contribution is 2.18. The van der Waals surface area contributed by atoms with Crippen LogP contribution in [0.2, 0.25) is 0 Å². The van der Waals surface area contributed by atoms with E-state index in [1.165, 1.54) is 64.2 Å². The third kappa shape index (κ3) is 5.87. The van der Waals surface area contributed by atoms with Crippen LogP contribution in [0, 0.1) is 0 Å². The molecule has 1 fully saturated rings. The molecule has 1 saturated carbocycles. The third-order valence-electron chi connectivity index (χ3n) is 5.24. The summed E-state index contributed by atoms with van der Waals surface area (Å²) < 4.78 is 0. The molecule has 24 heavy (non-hydrogen) atoms. The molecular weight excluding hydrogens is 300 g/mol. The lowest BCUT2D eigenvalue weighted by Gasteiger charge is -2.23. The molecule has 0 amide bonds. The topological polar surface area (TPSA) is 72.8 Å². The average molecular weight is 335 g/mol. The monoisotopic (exact) mass is 334 g/mol. The number of nitrogens with zero attached hydrogens (tertiary/aromatic N) is 2. The first kappa shape index (κ1) is 17.4. The predicted octanol–water partition coefficient (Wildman–Crippen LogP) is 1.74. The van der Waals surface area contributed by atoms with Crippen LogP contribution in [-0.2, 0) is 0 Å². The molecule has 4 N–H and O–H groups in total. The first-order valence-corrected chi connectivity index (χ1v) is 10.00. The van der Waals surface area contributed by atoms with Crippen molar-refractivity contribution >= 4 is 11.9 Å². The van der Waals surface area contributed by atoms with Gasteiger partial charge in [-0.05, 0) is 25.7 Å². The Morgan fingerprint density at radius 2 is 1.04 bits per heavy atom. The second kappa shape index (κ2) is 9.74. The number of hydrogen-bond donors (Lipinski definition) is 4. The van der Waals surface area contributed by atoms with Gasteiger partial charge >= 0.3 is 0 Å². The summed E-state index contributed by atoms with van der Waals surface area (Å²) in [6.45, 7) is 3.82. The molecule has 0 saturated heterocycles. The van der Waals surface area contributed by atoms with Crippen molar-refractivity contribution in [1.29, 1.82) is 0 Å². The number of hydrogen-bond acceptors (Lipinski definition) is 6. The molecular formula is C18H34N6. The minimum atomic E-state index is 0.597. The normalized spacial score (nSPS) is 29.3. The predicted molar refractivity (Wildman–Crippen MR) is 101 cm³/mol. The van der Waals surface area contributed by atoms with E-state index >= 15 is 0 Å².